The molecule has 3 heterocycles. The predicted octanol–water partition coefficient (Wildman–Crippen LogP) is 2.80. The normalized spacial score (nSPS) is 10.4. The highest BCUT2D eigenvalue weighted by Crippen LogP contribution is 2.24. The van der Waals surface area contributed by atoms with Crippen LogP contribution >= 0.6 is 11.3 Å². The van der Waals surface area contributed by atoms with Gasteiger partial charge in [0.2, 0.25) is 0 Å². The molecule has 0 aliphatic heterocycles. The summed E-state index contributed by atoms with van der Waals surface area (Å²) in [6, 6.07) is 11.1. The molecule has 0 aromatic carbocycles. The lowest BCUT2D eigenvalue weighted by molar-refractivity contribution is 0.101. The van der Waals surface area contributed by atoms with Crippen molar-refractivity contribution >= 4 is 23.1 Å². The van der Waals surface area contributed by atoms with Gasteiger partial charge in [0.1, 0.15) is 17.2 Å². The average molecular weight is 284 g/mol. The number of nitrogens with zero attached hydrogens (tertiary/aromatic N) is 3. The van der Waals surface area contributed by atoms with Gasteiger partial charge in [-0.2, -0.15) is 5.10 Å². The van der Waals surface area contributed by atoms with Gasteiger partial charge in [-0.15, -0.1) is 11.3 Å². The van der Waals surface area contributed by atoms with Crippen LogP contribution in [0, 0.1) is 0 Å². The summed E-state index contributed by atoms with van der Waals surface area (Å²) in [6.07, 6.45) is 1.63. The Hall–Kier alpha value is -2.47. The number of nitrogens with one attached hydrogen (secondary N) is 1. The molecule has 0 unspecified atom stereocenters. The van der Waals surface area contributed by atoms with Crippen molar-refractivity contribution in [2.24, 2.45) is 7.05 Å². The lowest BCUT2D eigenvalue weighted by Gasteiger charge is -2.03. The second-order valence-electron chi connectivity index (χ2n) is 4.18. The maximum absolute atomic E-state index is 12.2. The van der Waals surface area contributed by atoms with E-state index in [1.807, 2.05) is 23.6 Å². The highest BCUT2D eigenvalue weighted by Gasteiger charge is 2.15. The standard InChI is InChI=1S/C14H12N4OS/c1-18-11(9-10(17-18)12-5-4-8-20-12)14(19)16-13-6-2-3-7-15-13/h2-9H,1H3,(H,15,16,19). The van der Waals surface area contributed by atoms with Crippen molar-refractivity contribution in [3.05, 3.63) is 53.7 Å². The van der Waals surface area contributed by atoms with E-state index in [4.69, 9.17) is 0 Å². The fraction of sp³-hybridized carbons (Fsp3) is 0.0714. The van der Waals surface area contributed by atoms with Gasteiger partial charge in [0, 0.05) is 13.2 Å². The van der Waals surface area contributed by atoms with Gasteiger partial charge in [0.05, 0.1) is 4.88 Å². The second-order valence-corrected chi connectivity index (χ2v) is 5.13. The fourth-order valence-electron chi connectivity index (χ4n) is 1.84. The van der Waals surface area contributed by atoms with E-state index in [1.165, 1.54) is 0 Å². The van der Waals surface area contributed by atoms with E-state index in [9.17, 15) is 4.79 Å². The Kier molecular flexibility index (Phi) is 3.30. The van der Waals surface area contributed by atoms with E-state index in [0.29, 0.717) is 11.5 Å². The maximum atomic E-state index is 12.2. The summed E-state index contributed by atoms with van der Waals surface area (Å²) in [7, 11) is 1.75. The third-order valence-corrected chi connectivity index (χ3v) is 3.68. The van der Waals surface area contributed by atoms with Gasteiger partial charge in [-0.1, -0.05) is 12.1 Å². The van der Waals surface area contributed by atoms with Gasteiger partial charge in [0.25, 0.3) is 5.91 Å². The topological polar surface area (TPSA) is 59.8 Å². The zero-order valence-electron chi connectivity index (χ0n) is 10.8. The highest BCUT2D eigenvalue weighted by atomic mass is 32.1. The molecule has 0 saturated carbocycles. The number of pyridine rings is 1. The number of hydrogen-bond acceptors (Lipinski definition) is 4. The smallest absolute Gasteiger partial charge is 0.275 e. The molecule has 1 amide bonds. The van der Waals surface area contributed by atoms with Gasteiger partial charge in [-0.25, -0.2) is 4.98 Å². The zero-order valence-corrected chi connectivity index (χ0v) is 11.6. The van der Waals surface area contributed by atoms with Crippen LogP contribution in [0.4, 0.5) is 5.82 Å². The zero-order chi connectivity index (χ0) is 13.9. The average Bonchev–Trinajstić information content (AvgIpc) is 3.08. The lowest BCUT2D eigenvalue weighted by atomic mass is 10.3. The SMILES string of the molecule is Cn1nc(-c2cccs2)cc1C(=O)Nc1ccccn1. The van der Waals surface area contributed by atoms with Crippen LogP contribution in [0.15, 0.2) is 48.0 Å². The van der Waals surface area contributed by atoms with Crippen molar-refractivity contribution in [1.82, 2.24) is 14.8 Å². The third kappa shape index (κ3) is 2.46. The molecule has 5 nitrogen and oxygen atoms in total. The molecule has 0 saturated heterocycles. The molecule has 3 rings (SSSR count). The number of hydrogen-bond donors (Lipinski definition) is 1. The number of carbonyl (C=O) groups excluding carboxylic acids is 1. The number of aryl methyl sites for hydroxylation is 1. The molecule has 20 heavy (non-hydrogen) atoms. The van der Waals surface area contributed by atoms with Gasteiger partial charge in [0.15, 0.2) is 0 Å². The number of anilines is 1. The van der Waals surface area contributed by atoms with Crippen molar-refractivity contribution in [3.8, 4) is 10.6 Å². The summed E-state index contributed by atoms with van der Waals surface area (Å²) in [4.78, 5) is 17.3. The van der Waals surface area contributed by atoms with Crippen LogP contribution in [-0.4, -0.2) is 20.7 Å². The number of rotatable bonds is 3. The van der Waals surface area contributed by atoms with Crippen LogP contribution in [-0.2, 0) is 7.05 Å². The minimum Gasteiger partial charge on any atom is -0.305 e. The first kappa shape index (κ1) is 12.6. The summed E-state index contributed by atoms with van der Waals surface area (Å²) in [5, 5.41) is 9.10. The van der Waals surface area contributed by atoms with E-state index in [1.54, 1.807) is 47.5 Å². The quantitative estimate of drug-likeness (QED) is 0.804. The van der Waals surface area contributed by atoms with Crippen molar-refractivity contribution in [2.45, 2.75) is 0 Å². The molecule has 0 spiro atoms. The van der Waals surface area contributed by atoms with Gasteiger partial charge < -0.3 is 5.32 Å². The maximum Gasteiger partial charge on any atom is 0.275 e. The van der Waals surface area contributed by atoms with Crippen LogP contribution in [0.1, 0.15) is 10.5 Å². The Labute approximate surface area is 119 Å². The summed E-state index contributed by atoms with van der Waals surface area (Å²) in [6.45, 7) is 0. The summed E-state index contributed by atoms with van der Waals surface area (Å²) < 4.78 is 1.58. The van der Waals surface area contributed by atoms with Gasteiger partial charge >= 0.3 is 0 Å². The van der Waals surface area contributed by atoms with Gasteiger partial charge in [-0.3, -0.25) is 9.48 Å². The molecule has 1 N–H and O–H groups in total. The lowest BCUT2D eigenvalue weighted by Crippen LogP contribution is -2.16. The third-order valence-electron chi connectivity index (χ3n) is 2.79. The Bertz CT molecular complexity index is 719. The monoisotopic (exact) mass is 284 g/mol. The van der Waals surface area contributed by atoms with Crippen LogP contribution in [0.5, 0.6) is 0 Å². The second kappa shape index (κ2) is 5.26. The predicted molar refractivity (Wildman–Crippen MR) is 78.7 cm³/mol. The number of thiophene rings is 1. The Morgan fingerprint density at radius 3 is 2.90 bits per heavy atom. The van der Waals surface area contributed by atoms with E-state index in [0.717, 1.165) is 10.6 Å². The molecule has 0 aliphatic carbocycles. The molecular formula is C14H12N4OS. The molecule has 3 aromatic rings. The summed E-state index contributed by atoms with van der Waals surface area (Å²) in [5.74, 6) is 0.304. The molecule has 0 bridgehead atoms. The Balaban J connectivity index is 1.85. The molecule has 0 aliphatic rings. The molecular weight excluding hydrogens is 272 g/mol. The van der Waals surface area contributed by atoms with Crippen molar-refractivity contribution in [1.29, 1.82) is 0 Å². The minimum absolute atomic E-state index is 0.221. The summed E-state index contributed by atoms with van der Waals surface area (Å²) >= 11 is 1.59. The molecule has 0 radical (unpaired) electrons. The largest absolute Gasteiger partial charge is 0.305 e. The van der Waals surface area contributed by atoms with Crippen molar-refractivity contribution < 1.29 is 4.79 Å². The van der Waals surface area contributed by atoms with Crippen molar-refractivity contribution in [3.63, 3.8) is 0 Å². The van der Waals surface area contributed by atoms with Crippen LogP contribution in [0.25, 0.3) is 10.6 Å². The highest BCUT2D eigenvalue weighted by molar-refractivity contribution is 7.13. The number of aromatic nitrogens is 3. The molecule has 100 valence electrons. The molecule has 0 atom stereocenters. The van der Waals surface area contributed by atoms with Crippen molar-refractivity contribution in [2.75, 3.05) is 5.32 Å². The number of amides is 1. The first-order valence-corrected chi connectivity index (χ1v) is 6.92. The summed E-state index contributed by atoms with van der Waals surface area (Å²) in [5.41, 5.74) is 1.30. The number of carbonyl (C=O) groups is 1. The van der Waals surface area contributed by atoms with E-state index >= 15 is 0 Å². The minimum atomic E-state index is -0.221. The van der Waals surface area contributed by atoms with Crippen LogP contribution in [0.3, 0.4) is 0 Å². The van der Waals surface area contributed by atoms with Crippen LogP contribution < -0.4 is 5.32 Å². The molecule has 0 fully saturated rings. The molecule has 3 aromatic heterocycles. The van der Waals surface area contributed by atoms with Crippen LogP contribution in [0.2, 0.25) is 0 Å². The first-order chi connectivity index (χ1) is 9.74. The Morgan fingerprint density at radius 2 is 2.20 bits per heavy atom. The van der Waals surface area contributed by atoms with E-state index < -0.39 is 0 Å². The van der Waals surface area contributed by atoms with Gasteiger partial charge in [-0.05, 0) is 29.6 Å². The Morgan fingerprint density at radius 1 is 1.30 bits per heavy atom. The fourth-order valence-corrected chi connectivity index (χ4v) is 2.52. The van der Waals surface area contributed by atoms with E-state index in [2.05, 4.69) is 15.4 Å². The molecule has 6 heteroatoms. The van der Waals surface area contributed by atoms with E-state index in [-0.39, 0.29) is 5.91 Å². The first-order valence-electron chi connectivity index (χ1n) is 6.04.